The first-order valence-electron chi connectivity index (χ1n) is 16.0. The number of fused-ring (bicyclic) bond motifs is 3. The molecule has 8 nitrogen and oxygen atoms in total. The van der Waals surface area contributed by atoms with Gasteiger partial charge in [0.1, 0.15) is 18.1 Å². The Balaban J connectivity index is 1.12. The second-order valence-corrected chi connectivity index (χ2v) is 12.6. The fraction of sp³-hybridized carbons (Fsp3) is 0.543. The van der Waals surface area contributed by atoms with Crippen molar-refractivity contribution in [2.75, 3.05) is 26.3 Å². The molecule has 0 unspecified atom stereocenters. The topological polar surface area (TPSA) is 103 Å². The van der Waals surface area contributed by atoms with E-state index in [4.69, 9.17) is 9.15 Å². The number of hydrogen-bond acceptors (Lipinski definition) is 7. The molecule has 1 aromatic carbocycles. The highest BCUT2D eigenvalue weighted by Crippen LogP contribution is 2.50. The maximum absolute atomic E-state index is 14.0. The number of carbonyl (C=O) groups excluding carboxylic acids is 2. The van der Waals surface area contributed by atoms with Gasteiger partial charge in [-0.25, -0.2) is 0 Å². The Labute approximate surface area is 254 Å². The van der Waals surface area contributed by atoms with Crippen LogP contribution in [0.2, 0.25) is 0 Å². The van der Waals surface area contributed by atoms with Gasteiger partial charge in [-0.15, -0.1) is 0 Å². The number of rotatable bonds is 11. The summed E-state index contributed by atoms with van der Waals surface area (Å²) in [6, 6.07) is 14.0. The lowest BCUT2D eigenvalue weighted by Crippen LogP contribution is -2.47. The first-order valence-corrected chi connectivity index (χ1v) is 16.0. The number of ether oxygens (including phenoxy) is 1. The zero-order chi connectivity index (χ0) is 29.9. The molecule has 1 aliphatic carbocycles. The number of hydrogen-bond donors (Lipinski definition) is 2. The van der Waals surface area contributed by atoms with Crippen molar-refractivity contribution in [1.82, 2.24) is 9.80 Å². The van der Waals surface area contributed by atoms with Crippen LogP contribution in [-0.4, -0.2) is 70.3 Å². The number of benzene rings is 1. The SMILES string of the molecule is CCC/C(=C\c1ccc(CO)o1)CC[C@H]1OC[C@H]2C1=C(CO)C[C@H]1C(=O)N(C3CCN(Cc4ccccc4)CC3)C(=O)[C@H]12. The molecule has 43 heavy (non-hydrogen) atoms. The standard InChI is InChI=1S/C35H44N2O6/c1-2-6-23(17-27-10-11-28(21-39)43-27)9-12-31-32-25(20-38)18-29-33(30(32)22-42-31)35(41)37(34(29)40)26-13-15-36(16-14-26)19-24-7-4-3-5-8-24/h3-5,7-8,10-11,17,26,29-31,33,38-39H,2,6,9,12-16,18-22H2,1H3/b23-17+/t29-,30+,31-,33-/m1/s1. The number of allylic oxidation sites excluding steroid dienone is 1. The van der Waals surface area contributed by atoms with E-state index in [9.17, 15) is 19.8 Å². The van der Waals surface area contributed by atoms with Gasteiger partial charge < -0.3 is 19.4 Å². The lowest BCUT2D eigenvalue weighted by atomic mass is 9.69. The zero-order valence-corrected chi connectivity index (χ0v) is 25.1. The molecule has 230 valence electrons. The monoisotopic (exact) mass is 588 g/mol. The minimum Gasteiger partial charge on any atom is -0.459 e. The Morgan fingerprint density at radius 1 is 0.977 bits per heavy atom. The number of imide groups is 1. The highest BCUT2D eigenvalue weighted by atomic mass is 16.5. The molecule has 0 spiro atoms. The minimum atomic E-state index is -0.400. The second-order valence-electron chi connectivity index (χ2n) is 12.6. The second kappa shape index (κ2) is 13.3. The third kappa shape index (κ3) is 6.16. The van der Waals surface area contributed by atoms with Crippen LogP contribution in [0.15, 0.2) is 63.6 Å². The Kier molecular flexibility index (Phi) is 9.28. The fourth-order valence-corrected chi connectivity index (χ4v) is 7.85. The van der Waals surface area contributed by atoms with Crippen LogP contribution < -0.4 is 0 Å². The molecule has 0 bridgehead atoms. The largest absolute Gasteiger partial charge is 0.459 e. The zero-order valence-electron chi connectivity index (χ0n) is 25.1. The maximum Gasteiger partial charge on any atom is 0.234 e. The molecule has 4 aliphatic rings. The van der Waals surface area contributed by atoms with E-state index in [-0.39, 0.29) is 43.1 Å². The van der Waals surface area contributed by atoms with Gasteiger partial charge in [0.25, 0.3) is 0 Å². The summed E-state index contributed by atoms with van der Waals surface area (Å²) in [7, 11) is 0. The molecule has 0 saturated carbocycles. The molecular formula is C35H44N2O6. The third-order valence-corrected chi connectivity index (χ3v) is 9.89. The summed E-state index contributed by atoms with van der Waals surface area (Å²) in [5, 5.41) is 19.7. The van der Waals surface area contributed by atoms with Crippen molar-refractivity contribution in [1.29, 1.82) is 0 Å². The van der Waals surface area contributed by atoms with Crippen LogP contribution in [0.25, 0.3) is 6.08 Å². The molecule has 3 saturated heterocycles. The van der Waals surface area contributed by atoms with Crippen molar-refractivity contribution in [3.05, 3.63) is 76.3 Å². The predicted octanol–water partition coefficient (Wildman–Crippen LogP) is 4.71. The summed E-state index contributed by atoms with van der Waals surface area (Å²) in [6.07, 6.45) is 7.38. The average Bonchev–Trinajstić information content (AvgIpc) is 3.73. The molecular weight excluding hydrogens is 544 g/mol. The number of aliphatic hydroxyl groups is 2. The summed E-state index contributed by atoms with van der Waals surface area (Å²) < 4.78 is 12.0. The van der Waals surface area contributed by atoms with E-state index in [1.807, 2.05) is 12.1 Å². The number of aliphatic hydroxyl groups excluding tert-OH is 2. The molecule has 1 aromatic heterocycles. The van der Waals surface area contributed by atoms with Crippen LogP contribution in [0.3, 0.4) is 0 Å². The maximum atomic E-state index is 14.0. The van der Waals surface area contributed by atoms with Gasteiger partial charge in [-0.3, -0.25) is 19.4 Å². The molecule has 4 heterocycles. The van der Waals surface area contributed by atoms with Crippen molar-refractivity contribution < 1.29 is 29.0 Å². The third-order valence-electron chi connectivity index (χ3n) is 9.89. The number of nitrogens with zero attached hydrogens (tertiary/aromatic N) is 2. The molecule has 2 N–H and O–H groups in total. The molecule has 4 atom stereocenters. The summed E-state index contributed by atoms with van der Waals surface area (Å²) in [4.78, 5) is 31.7. The Hall–Kier alpha value is -3.04. The van der Waals surface area contributed by atoms with Crippen LogP contribution in [0.4, 0.5) is 0 Å². The normalized spacial score (nSPS) is 26.9. The fourth-order valence-electron chi connectivity index (χ4n) is 7.85. The molecule has 3 fully saturated rings. The summed E-state index contributed by atoms with van der Waals surface area (Å²) in [6.45, 7) is 4.93. The number of amides is 2. The van der Waals surface area contributed by atoms with Crippen LogP contribution in [-0.2, 0) is 27.5 Å². The Bertz CT molecular complexity index is 1360. The minimum absolute atomic E-state index is 0.0377. The lowest BCUT2D eigenvalue weighted by Gasteiger charge is -2.36. The van der Waals surface area contributed by atoms with Gasteiger partial charge in [0.05, 0.1) is 31.2 Å². The van der Waals surface area contributed by atoms with E-state index in [0.29, 0.717) is 18.8 Å². The number of likely N-dealkylation sites (tertiary alicyclic amines) is 2. The summed E-state index contributed by atoms with van der Waals surface area (Å²) in [5.74, 6) is 0.235. The number of furan rings is 1. The van der Waals surface area contributed by atoms with E-state index in [2.05, 4.69) is 42.2 Å². The molecule has 2 aromatic rings. The Morgan fingerprint density at radius 2 is 1.77 bits per heavy atom. The van der Waals surface area contributed by atoms with Crippen molar-refractivity contribution in [2.45, 2.75) is 77.2 Å². The molecule has 0 radical (unpaired) electrons. The van der Waals surface area contributed by atoms with E-state index in [1.165, 1.54) is 11.1 Å². The lowest BCUT2D eigenvalue weighted by molar-refractivity contribution is -0.144. The number of carbonyl (C=O) groups is 2. The number of piperidine rings is 1. The highest BCUT2D eigenvalue weighted by molar-refractivity contribution is 6.06. The van der Waals surface area contributed by atoms with Crippen molar-refractivity contribution in [2.24, 2.45) is 17.8 Å². The summed E-state index contributed by atoms with van der Waals surface area (Å²) in [5.41, 5.74) is 4.46. The van der Waals surface area contributed by atoms with E-state index in [1.54, 1.807) is 11.0 Å². The van der Waals surface area contributed by atoms with Gasteiger partial charge in [-0.2, -0.15) is 0 Å². The predicted molar refractivity (Wildman–Crippen MR) is 162 cm³/mol. The molecule has 8 heteroatoms. The van der Waals surface area contributed by atoms with Crippen LogP contribution >= 0.6 is 0 Å². The quantitative estimate of drug-likeness (QED) is 0.290. The van der Waals surface area contributed by atoms with Gasteiger partial charge in [-0.05, 0) is 73.4 Å². The summed E-state index contributed by atoms with van der Waals surface area (Å²) >= 11 is 0. The van der Waals surface area contributed by atoms with Crippen LogP contribution in [0, 0.1) is 17.8 Å². The van der Waals surface area contributed by atoms with E-state index < -0.39 is 11.8 Å². The molecule has 6 rings (SSSR count). The average molecular weight is 589 g/mol. The van der Waals surface area contributed by atoms with E-state index in [0.717, 1.165) is 75.1 Å². The smallest absolute Gasteiger partial charge is 0.234 e. The van der Waals surface area contributed by atoms with Gasteiger partial charge in [0, 0.05) is 31.6 Å². The molecule has 2 amide bonds. The van der Waals surface area contributed by atoms with E-state index >= 15 is 0 Å². The first-order chi connectivity index (χ1) is 21.0. The van der Waals surface area contributed by atoms with Gasteiger partial charge in [0.15, 0.2) is 0 Å². The van der Waals surface area contributed by atoms with Gasteiger partial charge >= 0.3 is 0 Å². The van der Waals surface area contributed by atoms with Gasteiger partial charge in [0.2, 0.25) is 11.8 Å². The van der Waals surface area contributed by atoms with Crippen LogP contribution in [0.5, 0.6) is 0 Å². The van der Waals surface area contributed by atoms with Gasteiger partial charge in [-0.1, -0.05) is 49.2 Å². The van der Waals surface area contributed by atoms with Crippen molar-refractivity contribution in [3.63, 3.8) is 0 Å². The molecule has 3 aliphatic heterocycles. The van der Waals surface area contributed by atoms with Crippen molar-refractivity contribution in [3.8, 4) is 0 Å². The van der Waals surface area contributed by atoms with Crippen LogP contribution in [0.1, 0.15) is 69.0 Å². The van der Waals surface area contributed by atoms with Crippen molar-refractivity contribution >= 4 is 17.9 Å². The first kappa shape index (κ1) is 30.0. The Morgan fingerprint density at radius 3 is 2.47 bits per heavy atom. The highest BCUT2D eigenvalue weighted by Gasteiger charge is 2.58.